The van der Waals surface area contributed by atoms with E-state index in [0.29, 0.717) is 0 Å². The van der Waals surface area contributed by atoms with Gasteiger partial charge in [0.2, 0.25) is 0 Å². The van der Waals surface area contributed by atoms with Crippen molar-refractivity contribution < 1.29 is 4.74 Å². The van der Waals surface area contributed by atoms with E-state index in [1.807, 2.05) is 30.4 Å². The van der Waals surface area contributed by atoms with Crippen molar-refractivity contribution in [3.63, 3.8) is 0 Å². The molecule has 0 saturated heterocycles. The van der Waals surface area contributed by atoms with E-state index in [2.05, 4.69) is 24.3 Å². The van der Waals surface area contributed by atoms with Crippen LogP contribution < -0.4 is 10.4 Å². The maximum absolute atomic E-state index is 5.58. The number of hydrogen-bond donors (Lipinski definition) is 0. The quantitative estimate of drug-likeness (QED) is 0.609. The lowest BCUT2D eigenvalue weighted by atomic mass is 10.1. The molecule has 1 aliphatic carbocycles. The lowest BCUT2D eigenvalue weighted by Gasteiger charge is -2.11. The number of hydrogen-bond acceptors (Lipinski definition) is 1. The van der Waals surface area contributed by atoms with Gasteiger partial charge in [-0.05, 0) is 11.3 Å². The first-order valence-electron chi connectivity index (χ1n) is 4.97. The molecule has 1 heteroatoms. The number of rotatable bonds is 0. The molecule has 2 aliphatic rings. The molecule has 0 aromatic heterocycles. The van der Waals surface area contributed by atoms with E-state index in [1.165, 1.54) is 5.22 Å². The second kappa shape index (κ2) is 3.28. The fraction of sp³-hybridized carbons (Fsp3) is 0. The molecule has 0 radical (unpaired) electrons. The minimum Gasteiger partial charge on any atom is -0.464 e. The molecule has 0 bridgehead atoms. The molecule has 3 rings (SSSR count). The van der Waals surface area contributed by atoms with Crippen LogP contribution in [0.15, 0.2) is 60.4 Å². The van der Waals surface area contributed by atoms with Crippen LogP contribution in [0, 0.1) is 0 Å². The average molecular weight is 194 g/mol. The standard InChI is InChI=1S/C14H10O/c1-2-8-13-12-7-5-4-6-11(12)10-15-14(13)9-3-1/h1-10H. The second-order valence-electron chi connectivity index (χ2n) is 3.51. The third kappa shape index (κ3) is 1.33. The van der Waals surface area contributed by atoms with Crippen molar-refractivity contribution in [2.24, 2.45) is 0 Å². The zero-order valence-electron chi connectivity index (χ0n) is 8.18. The van der Waals surface area contributed by atoms with E-state index in [9.17, 15) is 0 Å². The van der Waals surface area contributed by atoms with Gasteiger partial charge in [0, 0.05) is 10.8 Å². The van der Waals surface area contributed by atoms with Gasteiger partial charge in [0.15, 0.2) is 0 Å². The lowest BCUT2D eigenvalue weighted by molar-refractivity contribution is 0.423. The Labute approximate surface area is 88.0 Å². The van der Waals surface area contributed by atoms with Gasteiger partial charge in [-0.3, -0.25) is 0 Å². The average Bonchev–Trinajstić information content (AvgIpc) is 2.54. The third-order valence-corrected chi connectivity index (χ3v) is 2.56. The summed E-state index contributed by atoms with van der Waals surface area (Å²) in [6, 6.07) is 8.25. The van der Waals surface area contributed by atoms with Crippen molar-refractivity contribution in [2.75, 3.05) is 0 Å². The van der Waals surface area contributed by atoms with Gasteiger partial charge in [-0.15, -0.1) is 0 Å². The van der Waals surface area contributed by atoms with E-state index < -0.39 is 0 Å². The van der Waals surface area contributed by atoms with Crippen LogP contribution in [-0.2, 0) is 4.74 Å². The summed E-state index contributed by atoms with van der Waals surface area (Å²) >= 11 is 0. The summed E-state index contributed by atoms with van der Waals surface area (Å²) in [6.07, 6.45) is 11.9. The summed E-state index contributed by atoms with van der Waals surface area (Å²) in [4.78, 5) is 0. The molecule has 15 heavy (non-hydrogen) atoms. The van der Waals surface area contributed by atoms with Gasteiger partial charge in [0.25, 0.3) is 0 Å². The highest BCUT2D eigenvalue weighted by Gasteiger charge is 2.09. The van der Waals surface area contributed by atoms with E-state index in [4.69, 9.17) is 4.74 Å². The number of allylic oxidation sites excluding steroid dienone is 5. The molecular weight excluding hydrogens is 184 g/mol. The van der Waals surface area contributed by atoms with Crippen LogP contribution in [0.3, 0.4) is 0 Å². The largest absolute Gasteiger partial charge is 0.464 e. The number of ether oxygens (including phenoxy) is 1. The maximum atomic E-state index is 5.58. The van der Waals surface area contributed by atoms with Gasteiger partial charge in [0.1, 0.15) is 5.76 Å². The molecule has 0 spiro atoms. The maximum Gasteiger partial charge on any atom is 0.134 e. The van der Waals surface area contributed by atoms with Crippen molar-refractivity contribution >= 4 is 11.8 Å². The van der Waals surface area contributed by atoms with Crippen molar-refractivity contribution in [3.05, 3.63) is 70.8 Å². The highest BCUT2D eigenvalue weighted by molar-refractivity contribution is 5.74. The molecular formula is C14H10O. The molecule has 0 unspecified atom stereocenters. The molecule has 0 amide bonds. The van der Waals surface area contributed by atoms with E-state index in [-0.39, 0.29) is 0 Å². The summed E-state index contributed by atoms with van der Waals surface area (Å²) in [5, 5.41) is 2.37. The summed E-state index contributed by atoms with van der Waals surface area (Å²) < 4.78 is 5.58. The monoisotopic (exact) mass is 194 g/mol. The predicted octanol–water partition coefficient (Wildman–Crippen LogP) is 1.62. The van der Waals surface area contributed by atoms with Gasteiger partial charge < -0.3 is 4.74 Å². The first-order valence-corrected chi connectivity index (χ1v) is 4.97. The second-order valence-corrected chi connectivity index (χ2v) is 3.51. The minimum absolute atomic E-state index is 0.915. The Morgan fingerprint density at radius 1 is 0.933 bits per heavy atom. The van der Waals surface area contributed by atoms with Crippen molar-refractivity contribution in [2.45, 2.75) is 0 Å². The Morgan fingerprint density at radius 3 is 2.87 bits per heavy atom. The Balaban J connectivity index is 2.43. The molecule has 0 saturated carbocycles. The SMILES string of the molecule is C1=CC=C2OC=c3ccccc3=C2C=C1. The van der Waals surface area contributed by atoms with E-state index in [0.717, 1.165) is 16.6 Å². The molecule has 0 atom stereocenters. The highest BCUT2D eigenvalue weighted by atomic mass is 16.5. The predicted molar refractivity (Wildman–Crippen MR) is 61.0 cm³/mol. The van der Waals surface area contributed by atoms with Gasteiger partial charge in [-0.25, -0.2) is 0 Å². The Bertz CT molecular complexity index is 600. The van der Waals surface area contributed by atoms with Gasteiger partial charge in [-0.1, -0.05) is 48.6 Å². The Hall–Kier alpha value is -2.02. The van der Waals surface area contributed by atoms with Crippen molar-refractivity contribution in [1.29, 1.82) is 0 Å². The number of benzene rings is 1. The minimum atomic E-state index is 0.915. The topological polar surface area (TPSA) is 9.23 Å². The first-order chi connectivity index (χ1) is 7.45. The van der Waals surface area contributed by atoms with Gasteiger partial charge in [-0.2, -0.15) is 0 Å². The number of fused-ring (bicyclic) bond motifs is 2. The molecule has 0 fully saturated rings. The van der Waals surface area contributed by atoms with Crippen LogP contribution in [-0.4, -0.2) is 0 Å². The molecule has 1 nitrogen and oxygen atoms in total. The van der Waals surface area contributed by atoms with Crippen LogP contribution in [0.2, 0.25) is 0 Å². The molecule has 1 aromatic rings. The molecule has 1 heterocycles. The van der Waals surface area contributed by atoms with Gasteiger partial charge in [0.05, 0.1) is 6.26 Å². The first kappa shape index (κ1) is 8.30. The van der Waals surface area contributed by atoms with Crippen molar-refractivity contribution in [3.8, 4) is 0 Å². The van der Waals surface area contributed by atoms with Crippen LogP contribution >= 0.6 is 0 Å². The Kier molecular flexibility index (Phi) is 1.82. The summed E-state index contributed by atoms with van der Waals surface area (Å²) in [5.74, 6) is 0.915. The van der Waals surface area contributed by atoms with Crippen LogP contribution in [0.25, 0.3) is 11.8 Å². The van der Waals surface area contributed by atoms with E-state index in [1.54, 1.807) is 6.26 Å². The molecule has 1 aromatic carbocycles. The molecule has 1 aliphatic heterocycles. The lowest BCUT2D eigenvalue weighted by Crippen LogP contribution is -2.30. The molecule has 0 N–H and O–H groups in total. The zero-order chi connectivity index (χ0) is 10.1. The zero-order valence-corrected chi connectivity index (χ0v) is 8.18. The van der Waals surface area contributed by atoms with Gasteiger partial charge >= 0.3 is 0 Å². The fourth-order valence-corrected chi connectivity index (χ4v) is 1.83. The molecule has 72 valence electrons. The van der Waals surface area contributed by atoms with Crippen LogP contribution in [0.5, 0.6) is 0 Å². The normalized spacial score (nSPS) is 16.8. The Morgan fingerprint density at radius 2 is 1.87 bits per heavy atom. The summed E-state index contributed by atoms with van der Waals surface area (Å²) in [6.45, 7) is 0. The van der Waals surface area contributed by atoms with Crippen LogP contribution in [0.4, 0.5) is 0 Å². The smallest absolute Gasteiger partial charge is 0.134 e. The fourth-order valence-electron chi connectivity index (χ4n) is 1.83. The third-order valence-electron chi connectivity index (χ3n) is 2.56. The summed E-state index contributed by atoms with van der Waals surface area (Å²) in [5.41, 5.74) is 1.15. The van der Waals surface area contributed by atoms with Crippen molar-refractivity contribution in [1.82, 2.24) is 0 Å². The van der Waals surface area contributed by atoms with Crippen LogP contribution in [0.1, 0.15) is 0 Å². The highest BCUT2D eigenvalue weighted by Crippen LogP contribution is 2.17. The van der Waals surface area contributed by atoms with E-state index >= 15 is 0 Å². The summed E-state index contributed by atoms with van der Waals surface area (Å²) in [7, 11) is 0.